The number of guanidine groups is 1. The molecule has 1 aliphatic heterocycles. The molecule has 1 heterocycles. The van der Waals surface area contributed by atoms with Gasteiger partial charge in [-0.2, -0.15) is 0 Å². The lowest BCUT2D eigenvalue weighted by Crippen LogP contribution is -2.32. The van der Waals surface area contributed by atoms with E-state index in [9.17, 15) is 0 Å². The summed E-state index contributed by atoms with van der Waals surface area (Å²) in [5.41, 5.74) is 7.02. The van der Waals surface area contributed by atoms with Gasteiger partial charge in [0, 0.05) is 6.61 Å². The second-order valence-electron chi connectivity index (χ2n) is 2.50. The molecule has 0 aromatic rings. The minimum Gasteiger partial charge on any atom is -0.379 e. The van der Waals surface area contributed by atoms with Gasteiger partial charge in [0.25, 0.3) is 0 Å². The van der Waals surface area contributed by atoms with Crippen LogP contribution in [0.5, 0.6) is 0 Å². The summed E-state index contributed by atoms with van der Waals surface area (Å²) in [4.78, 5) is 3.96. The number of aliphatic imine (C=N–C) groups is 1. The maximum atomic E-state index is 8.32. The molecule has 0 aliphatic carbocycles. The highest BCUT2D eigenvalue weighted by molar-refractivity contribution is 5.76. The van der Waals surface area contributed by atoms with Crippen molar-refractivity contribution < 1.29 is 9.94 Å². The predicted octanol–water partition coefficient (Wildman–Crippen LogP) is -0.541. The Bertz CT molecular complexity index is 143. The SMILES string of the molecule is NC(=NC1CCCOC1)NO. The summed E-state index contributed by atoms with van der Waals surface area (Å²) in [6, 6.07) is 0.100. The summed E-state index contributed by atoms with van der Waals surface area (Å²) >= 11 is 0. The highest BCUT2D eigenvalue weighted by atomic mass is 16.5. The van der Waals surface area contributed by atoms with Gasteiger partial charge in [0.1, 0.15) is 0 Å². The van der Waals surface area contributed by atoms with Crippen molar-refractivity contribution in [2.45, 2.75) is 18.9 Å². The van der Waals surface area contributed by atoms with Crippen molar-refractivity contribution in [3.8, 4) is 0 Å². The summed E-state index contributed by atoms with van der Waals surface area (Å²) in [6.07, 6.45) is 1.98. The standard InChI is InChI=1S/C6H13N3O2/c7-6(9-10)8-5-2-1-3-11-4-5/h5,10H,1-4H2,(H3,7,8,9). The Hall–Kier alpha value is -0.810. The molecule has 0 radical (unpaired) electrons. The first kappa shape index (κ1) is 8.29. The lowest BCUT2D eigenvalue weighted by molar-refractivity contribution is 0.0823. The van der Waals surface area contributed by atoms with Crippen LogP contribution < -0.4 is 11.2 Å². The third-order valence-electron chi connectivity index (χ3n) is 1.57. The lowest BCUT2D eigenvalue weighted by atomic mass is 10.1. The Morgan fingerprint density at radius 1 is 1.73 bits per heavy atom. The van der Waals surface area contributed by atoms with Crippen LogP contribution in [0.25, 0.3) is 0 Å². The molecule has 0 aromatic carbocycles. The fourth-order valence-electron chi connectivity index (χ4n) is 1.05. The van der Waals surface area contributed by atoms with Crippen molar-refractivity contribution >= 4 is 5.96 Å². The molecule has 0 saturated carbocycles. The highest BCUT2D eigenvalue weighted by Gasteiger charge is 2.12. The van der Waals surface area contributed by atoms with Crippen LogP contribution in [-0.4, -0.2) is 30.4 Å². The molecule has 5 heteroatoms. The van der Waals surface area contributed by atoms with Gasteiger partial charge in [0.2, 0.25) is 5.96 Å². The van der Waals surface area contributed by atoms with Crippen LogP contribution in [0, 0.1) is 0 Å². The van der Waals surface area contributed by atoms with Gasteiger partial charge in [0.15, 0.2) is 0 Å². The van der Waals surface area contributed by atoms with Gasteiger partial charge in [0.05, 0.1) is 12.6 Å². The van der Waals surface area contributed by atoms with E-state index in [1.54, 1.807) is 5.48 Å². The molecule has 0 amide bonds. The van der Waals surface area contributed by atoms with Crippen molar-refractivity contribution in [3.05, 3.63) is 0 Å². The normalized spacial score (nSPS) is 26.6. The fraction of sp³-hybridized carbons (Fsp3) is 0.833. The molecule has 1 fully saturated rings. The molecule has 1 rings (SSSR count). The van der Waals surface area contributed by atoms with E-state index >= 15 is 0 Å². The number of rotatable bonds is 1. The minimum absolute atomic E-state index is 0.0560. The number of nitrogens with zero attached hydrogens (tertiary/aromatic N) is 1. The number of ether oxygens (including phenoxy) is 1. The molecule has 0 spiro atoms. The quantitative estimate of drug-likeness (QED) is 0.273. The second-order valence-corrected chi connectivity index (χ2v) is 2.50. The Labute approximate surface area is 65.2 Å². The van der Waals surface area contributed by atoms with Gasteiger partial charge in [-0.25, -0.2) is 10.5 Å². The fourth-order valence-corrected chi connectivity index (χ4v) is 1.05. The average molecular weight is 159 g/mol. The largest absolute Gasteiger partial charge is 0.379 e. The molecule has 11 heavy (non-hydrogen) atoms. The Kier molecular flexibility index (Phi) is 3.13. The topological polar surface area (TPSA) is 79.9 Å². The monoisotopic (exact) mass is 159 g/mol. The van der Waals surface area contributed by atoms with Gasteiger partial charge in [-0.15, -0.1) is 0 Å². The second kappa shape index (κ2) is 4.15. The number of nitrogens with one attached hydrogen (secondary N) is 1. The van der Waals surface area contributed by atoms with E-state index in [4.69, 9.17) is 15.7 Å². The Morgan fingerprint density at radius 3 is 3.09 bits per heavy atom. The van der Waals surface area contributed by atoms with Gasteiger partial charge >= 0.3 is 0 Å². The van der Waals surface area contributed by atoms with E-state index in [-0.39, 0.29) is 12.0 Å². The van der Waals surface area contributed by atoms with Crippen LogP contribution in [0.3, 0.4) is 0 Å². The summed E-state index contributed by atoms with van der Waals surface area (Å²) in [7, 11) is 0. The molecule has 1 aliphatic rings. The maximum absolute atomic E-state index is 8.32. The number of hydrogen-bond donors (Lipinski definition) is 3. The van der Waals surface area contributed by atoms with E-state index in [2.05, 4.69) is 4.99 Å². The van der Waals surface area contributed by atoms with Crippen molar-refractivity contribution in [2.24, 2.45) is 10.7 Å². The molecule has 5 nitrogen and oxygen atoms in total. The van der Waals surface area contributed by atoms with Crippen LogP contribution in [0.1, 0.15) is 12.8 Å². The summed E-state index contributed by atoms with van der Waals surface area (Å²) in [5.74, 6) is 0.0560. The summed E-state index contributed by atoms with van der Waals surface area (Å²) < 4.78 is 5.16. The van der Waals surface area contributed by atoms with E-state index in [0.29, 0.717) is 6.61 Å². The predicted molar refractivity (Wildman–Crippen MR) is 40.4 cm³/mol. The summed E-state index contributed by atoms with van der Waals surface area (Å²) in [6.45, 7) is 1.40. The number of hydrogen-bond acceptors (Lipinski definition) is 3. The van der Waals surface area contributed by atoms with E-state index < -0.39 is 0 Å². The van der Waals surface area contributed by atoms with Crippen LogP contribution >= 0.6 is 0 Å². The first-order valence-electron chi connectivity index (χ1n) is 3.64. The van der Waals surface area contributed by atoms with Gasteiger partial charge < -0.3 is 10.5 Å². The average Bonchev–Trinajstić information content (AvgIpc) is 2.06. The third kappa shape index (κ3) is 2.73. The lowest BCUT2D eigenvalue weighted by Gasteiger charge is -2.18. The molecule has 1 atom stereocenters. The first-order chi connectivity index (χ1) is 5.33. The van der Waals surface area contributed by atoms with E-state index in [0.717, 1.165) is 19.4 Å². The van der Waals surface area contributed by atoms with Gasteiger partial charge in [-0.1, -0.05) is 0 Å². The maximum Gasteiger partial charge on any atom is 0.213 e. The van der Waals surface area contributed by atoms with Crippen LogP contribution in [-0.2, 0) is 4.74 Å². The zero-order valence-electron chi connectivity index (χ0n) is 6.29. The zero-order valence-corrected chi connectivity index (χ0v) is 6.29. The smallest absolute Gasteiger partial charge is 0.213 e. The van der Waals surface area contributed by atoms with Gasteiger partial charge in [-0.3, -0.25) is 5.21 Å². The Balaban J connectivity index is 2.34. The van der Waals surface area contributed by atoms with E-state index in [1.165, 1.54) is 0 Å². The highest BCUT2D eigenvalue weighted by Crippen LogP contribution is 2.08. The number of nitrogens with two attached hydrogens (primary N) is 1. The van der Waals surface area contributed by atoms with Crippen molar-refractivity contribution in [1.29, 1.82) is 0 Å². The van der Waals surface area contributed by atoms with Crippen molar-refractivity contribution in [2.75, 3.05) is 13.2 Å². The molecular weight excluding hydrogens is 146 g/mol. The van der Waals surface area contributed by atoms with Crippen molar-refractivity contribution in [3.63, 3.8) is 0 Å². The van der Waals surface area contributed by atoms with E-state index in [1.807, 2.05) is 0 Å². The summed E-state index contributed by atoms with van der Waals surface area (Å²) in [5, 5.41) is 8.32. The van der Waals surface area contributed by atoms with Crippen LogP contribution in [0.2, 0.25) is 0 Å². The Morgan fingerprint density at radius 2 is 2.55 bits per heavy atom. The molecule has 1 saturated heterocycles. The van der Waals surface area contributed by atoms with Gasteiger partial charge in [-0.05, 0) is 12.8 Å². The van der Waals surface area contributed by atoms with Crippen LogP contribution in [0.4, 0.5) is 0 Å². The molecule has 0 aromatic heterocycles. The number of hydroxylamine groups is 1. The minimum atomic E-state index is 0.0560. The molecule has 4 N–H and O–H groups in total. The third-order valence-corrected chi connectivity index (χ3v) is 1.57. The molecular formula is C6H13N3O2. The zero-order chi connectivity index (χ0) is 8.10. The first-order valence-corrected chi connectivity index (χ1v) is 3.64. The molecule has 1 unspecified atom stereocenters. The molecule has 64 valence electrons. The van der Waals surface area contributed by atoms with Crippen molar-refractivity contribution in [1.82, 2.24) is 5.48 Å². The van der Waals surface area contributed by atoms with Crippen LogP contribution in [0.15, 0.2) is 4.99 Å². The molecule has 0 bridgehead atoms.